The largest absolute Gasteiger partial charge is 0.495 e. The summed E-state index contributed by atoms with van der Waals surface area (Å²) in [5.74, 6) is 0.0326. The standard InChI is InChI=1S/C17H18N2O4S/c1-3-11-18-17(20)13-7-6-8-14(12-13)24(21,22)19-15-9-4-5-10-16(15)23-2/h3-10,12,19H,1,11H2,2H3,(H,18,20). The Morgan fingerprint density at radius 2 is 1.96 bits per heavy atom. The third kappa shape index (κ3) is 4.14. The number of para-hydroxylation sites is 2. The summed E-state index contributed by atoms with van der Waals surface area (Å²) < 4.78 is 32.7. The van der Waals surface area contributed by atoms with Crippen molar-refractivity contribution in [2.75, 3.05) is 18.4 Å². The normalized spacial score (nSPS) is 10.7. The van der Waals surface area contributed by atoms with E-state index in [1.165, 1.54) is 25.3 Å². The lowest BCUT2D eigenvalue weighted by Gasteiger charge is -2.12. The van der Waals surface area contributed by atoms with E-state index in [-0.39, 0.29) is 16.4 Å². The van der Waals surface area contributed by atoms with Crippen LogP contribution in [0.3, 0.4) is 0 Å². The van der Waals surface area contributed by atoms with E-state index in [1.54, 1.807) is 36.4 Å². The molecule has 2 aromatic rings. The maximum atomic E-state index is 12.5. The number of hydrogen-bond acceptors (Lipinski definition) is 4. The lowest BCUT2D eigenvalue weighted by Crippen LogP contribution is -2.23. The van der Waals surface area contributed by atoms with Crippen LogP contribution in [0.1, 0.15) is 10.4 Å². The summed E-state index contributed by atoms with van der Waals surface area (Å²) in [5, 5.41) is 2.60. The van der Waals surface area contributed by atoms with Crippen LogP contribution in [-0.2, 0) is 10.0 Å². The molecule has 126 valence electrons. The van der Waals surface area contributed by atoms with Gasteiger partial charge in [0.05, 0.1) is 17.7 Å². The minimum Gasteiger partial charge on any atom is -0.495 e. The van der Waals surface area contributed by atoms with Crippen molar-refractivity contribution in [1.82, 2.24) is 5.32 Å². The van der Waals surface area contributed by atoms with Crippen molar-refractivity contribution < 1.29 is 17.9 Å². The molecule has 0 heterocycles. The minimum atomic E-state index is -3.85. The number of benzene rings is 2. The SMILES string of the molecule is C=CCNC(=O)c1cccc(S(=O)(=O)Nc2ccccc2OC)c1. The van der Waals surface area contributed by atoms with E-state index >= 15 is 0 Å². The maximum Gasteiger partial charge on any atom is 0.262 e. The first-order chi connectivity index (χ1) is 11.5. The Labute approximate surface area is 141 Å². The molecule has 2 aromatic carbocycles. The molecule has 0 spiro atoms. The predicted octanol–water partition coefficient (Wildman–Crippen LogP) is 2.41. The zero-order valence-electron chi connectivity index (χ0n) is 13.2. The molecule has 0 aliphatic rings. The van der Waals surface area contributed by atoms with E-state index in [0.29, 0.717) is 18.0 Å². The summed E-state index contributed by atoms with van der Waals surface area (Å²) in [6.07, 6.45) is 1.54. The molecule has 0 aliphatic heterocycles. The number of anilines is 1. The first kappa shape index (κ1) is 17.6. The Kier molecular flexibility index (Phi) is 5.59. The average molecular weight is 346 g/mol. The topological polar surface area (TPSA) is 84.5 Å². The molecular formula is C17H18N2O4S. The van der Waals surface area contributed by atoms with E-state index in [2.05, 4.69) is 16.6 Å². The van der Waals surface area contributed by atoms with Gasteiger partial charge in [-0.3, -0.25) is 9.52 Å². The third-order valence-corrected chi connectivity index (χ3v) is 4.53. The summed E-state index contributed by atoms with van der Waals surface area (Å²) in [5.41, 5.74) is 0.571. The van der Waals surface area contributed by atoms with Gasteiger partial charge in [-0.15, -0.1) is 6.58 Å². The Morgan fingerprint density at radius 3 is 2.67 bits per heavy atom. The quantitative estimate of drug-likeness (QED) is 0.754. The maximum absolute atomic E-state index is 12.5. The highest BCUT2D eigenvalue weighted by atomic mass is 32.2. The number of rotatable bonds is 7. The summed E-state index contributed by atoms with van der Waals surface area (Å²) in [6.45, 7) is 3.81. The third-order valence-electron chi connectivity index (χ3n) is 3.16. The van der Waals surface area contributed by atoms with E-state index in [1.807, 2.05) is 0 Å². The molecule has 0 bridgehead atoms. The number of nitrogens with one attached hydrogen (secondary N) is 2. The number of sulfonamides is 1. The highest BCUT2D eigenvalue weighted by Gasteiger charge is 2.18. The van der Waals surface area contributed by atoms with E-state index in [9.17, 15) is 13.2 Å². The lowest BCUT2D eigenvalue weighted by molar-refractivity contribution is 0.0958. The smallest absolute Gasteiger partial charge is 0.262 e. The van der Waals surface area contributed by atoms with Gasteiger partial charge in [-0.25, -0.2) is 8.42 Å². The van der Waals surface area contributed by atoms with Crippen molar-refractivity contribution in [2.24, 2.45) is 0 Å². The van der Waals surface area contributed by atoms with Gasteiger partial charge < -0.3 is 10.1 Å². The van der Waals surface area contributed by atoms with Crippen molar-refractivity contribution in [1.29, 1.82) is 0 Å². The van der Waals surface area contributed by atoms with E-state index < -0.39 is 10.0 Å². The number of hydrogen-bond donors (Lipinski definition) is 2. The van der Waals surface area contributed by atoms with E-state index in [4.69, 9.17) is 4.74 Å². The summed E-state index contributed by atoms with van der Waals surface area (Å²) >= 11 is 0. The van der Waals surface area contributed by atoms with Gasteiger partial charge in [0.15, 0.2) is 0 Å². The van der Waals surface area contributed by atoms with E-state index in [0.717, 1.165) is 0 Å². The summed E-state index contributed by atoms with van der Waals surface area (Å²) in [4.78, 5) is 11.9. The van der Waals surface area contributed by atoms with Crippen LogP contribution in [0.25, 0.3) is 0 Å². The Balaban J connectivity index is 2.29. The molecule has 6 nitrogen and oxygen atoms in total. The van der Waals surface area contributed by atoms with Crippen molar-refractivity contribution in [3.8, 4) is 5.75 Å². The van der Waals surface area contributed by atoms with Crippen LogP contribution >= 0.6 is 0 Å². The fourth-order valence-corrected chi connectivity index (χ4v) is 3.12. The van der Waals surface area contributed by atoms with Gasteiger partial charge in [-0.2, -0.15) is 0 Å². The zero-order chi connectivity index (χ0) is 17.6. The minimum absolute atomic E-state index is 0.0142. The molecule has 2 rings (SSSR count). The number of ether oxygens (including phenoxy) is 1. The Bertz CT molecular complexity index is 847. The van der Waals surface area contributed by atoms with Crippen LogP contribution in [0.4, 0.5) is 5.69 Å². The van der Waals surface area contributed by atoms with Gasteiger partial charge in [0.2, 0.25) is 0 Å². The molecule has 0 saturated carbocycles. The highest BCUT2D eigenvalue weighted by molar-refractivity contribution is 7.92. The average Bonchev–Trinajstić information content (AvgIpc) is 2.60. The molecule has 0 saturated heterocycles. The van der Waals surface area contributed by atoms with Crippen molar-refractivity contribution in [3.63, 3.8) is 0 Å². The predicted molar refractivity (Wildman–Crippen MR) is 92.8 cm³/mol. The molecule has 0 unspecified atom stereocenters. The Morgan fingerprint density at radius 1 is 1.21 bits per heavy atom. The van der Waals surface area contributed by atoms with Crippen LogP contribution in [0, 0.1) is 0 Å². The number of carbonyl (C=O) groups excluding carboxylic acids is 1. The second-order valence-electron chi connectivity index (χ2n) is 4.83. The van der Waals surface area contributed by atoms with Crippen LogP contribution in [-0.4, -0.2) is 28.0 Å². The number of amides is 1. The molecule has 0 aromatic heterocycles. The molecule has 0 aliphatic carbocycles. The summed E-state index contributed by atoms with van der Waals surface area (Å²) in [7, 11) is -2.40. The van der Waals surface area contributed by atoms with Crippen LogP contribution in [0.5, 0.6) is 5.75 Å². The number of carbonyl (C=O) groups is 1. The second-order valence-corrected chi connectivity index (χ2v) is 6.51. The van der Waals surface area contributed by atoms with Gasteiger partial charge in [0.1, 0.15) is 5.75 Å². The molecule has 1 amide bonds. The van der Waals surface area contributed by atoms with Gasteiger partial charge in [-0.05, 0) is 30.3 Å². The van der Waals surface area contributed by atoms with Crippen molar-refractivity contribution in [2.45, 2.75) is 4.90 Å². The Hall–Kier alpha value is -2.80. The molecule has 0 radical (unpaired) electrons. The lowest BCUT2D eigenvalue weighted by atomic mass is 10.2. The van der Waals surface area contributed by atoms with Crippen molar-refractivity contribution >= 4 is 21.6 Å². The molecular weight excluding hydrogens is 328 g/mol. The highest BCUT2D eigenvalue weighted by Crippen LogP contribution is 2.26. The summed E-state index contributed by atoms with van der Waals surface area (Å²) in [6, 6.07) is 12.5. The van der Waals surface area contributed by atoms with Gasteiger partial charge >= 0.3 is 0 Å². The zero-order valence-corrected chi connectivity index (χ0v) is 14.0. The second kappa shape index (κ2) is 7.65. The monoisotopic (exact) mass is 346 g/mol. The molecule has 7 heteroatoms. The van der Waals surface area contributed by atoms with Gasteiger partial charge in [-0.1, -0.05) is 24.3 Å². The van der Waals surface area contributed by atoms with Crippen LogP contribution < -0.4 is 14.8 Å². The molecule has 2 N–H and O–H groups in total. The van der Waals surface area contributed by atoms with Crippen molar-refractivity contribution in [3.05, 3.63) is 66.7 Å². The van der Waals surface area contributed by atoms with Gasteiger partial charge in [0, 0.05) is 12.1 Å². The first-order valence-corrected chi connectivity index (χ1v) is 8.61. The fourth-order valence-electron chi connectivity index (χ4n) is 2.00. The molecule has 24 heavy (non-hydrogen) atoms. The fraction of sp³-hybridized carbons (Fsp3) is 0.118. The van der Waals surface area contributed by atoms with Crippen LogP contribution in [0.15, 0.2) is 66.1 Å². The molecule has 0 fully saturated rings. The van der Waals surface area contributed by atoms with Gasteiger partial charge in [0.25, 0.3) is 15.9 Å². The number of methoxy groups -OCH3 is 1. The van der Waals surface area contributed by atoms with Crippen LogP contribution in [0.2, 0.25) is 0 Å². The first-order valence-electron chi connectivity index (χ1n) is 7.13. The molecule has 0 atom stereocenters.